The first kappa shape index (κ1) is 13.8. The molecular formula is C12H23NO2S. The lowest BCUT2D eigenvalue weighted by molar-refractivity contribution is -0.143. The lowest BCUT2D eigenvalue weighted by Crippen LogP contribution is -2.38. The van der Waals surface area contributed by atoms with E-state index in [1.165, 1.54) is 32.8 Å². The first-order chi connectivity index (χ1) is 7.77. The Hall–Kier alpha value is -0.220. The fourth-order valence-corrected chi connectivity index (χ4v) is 3.47. The molecule has 0 radical (unpaired) electrons. The van der Waals surface area contributed by atoms with Crippen molar-refractivity contribution < 1.29 is 9.53 Å². The van der Waals surface area contributed by atoms with E-state index in [2.05, 4.69) is 5.32 Å². The van der Waals surface area contributed by atoms with Gasteiger partial charge in [0.2, 0.25) is 0 Å². The molecule has 4 heteroatoms. The Morgan fingerprint density at radius 1 is 1.50 bits per heavy atom. The van der Waals surface area contributed by atoms with Crippen LogP contribution >= 0.6 is 11.8 Å². The van der Waals surface area contributed by atoms with Crippen LogP contribution in [0.15, 0.2) is 0 Å². The van der Waals surface area contributed by atoms with E-state index in [0.29, 0.717) is 0 Å². The Balaban J connectivity index is 2.18. The third kappa shape index (κ3) is 4.74. The average molecular weight is 245 g/mol. The third-order valence-corrected chi connectivity index (χ3v) is 4.41. The summed E-state index contributed by atoms with van der Waals surface area (Å²) in [5.41, 5.74) is 0. The Labute approximate surface area is 103 Å². The van der Waals surface area contributed by atoms with Gasteiger partial charge in [-0.05, 0) is 31.6 Å². The zero-order valence-corrected chi connectivity index (χ0v) is 11.1. The number of carbonyl (C=O) groups is 1. The lowest BCUT2D eigenvalue weighted by Gasteiger charge is -2.16. The van der Waals surface area contributed by atoms with E-state index >= 15 is 0 Å². The van der Waals surface area contributed by atoms with E-state index < -0.39 is 0 Å². The highest BCUT2D eigenvalue weighted by Crippen LogP contribution is 2.29. The zero-order valence-electron chi connectivity index (χ0n) is 10.3. The monoisotopic (exact) mass is 245 g/mol. The highest BCUT2D eigenvalue weighted by Gasteiger charge is 2.19. The summed E-state index contributed by atoms with van der Waals surface area (Å²) in [6.07, 6.45) is 6.35. The smallest absolute Gasteiger partial charge is 0.322 e. The summed E-state index contributed by atoms with van der Waals surface area (Å²) in [7, 11) is 1.46. The minimum atomic E-state index is -0.131. The van der Waals surface area contributed by atoms with Gasteiger partial charge in [0.05, 0.1) is 7.11 Å². The van der Waals surface area contributed by atoms with Gasteiger partial charge in [-0.1, -0.05) is 19.8 Å². The maximum atomic E-state index is 11.4. The summed E-state index contributed by atoms with van der Waals surface area (Å²) in [6.45, 7) is 2.83. The van der Waals surface area contributed by atoms with Crippen molar-refractivity contribution >= 4 is 17.7 Å². The van der Waals surface area contributed by atoms with Crippen LogP contribution in [0.1, 0.15) is 39.0 Å². The Kier molecular flexibility index (Phi) is 6.88. The van der Waals surface area contributed by atoms with Crippen LogP contribution in [-0.2, 0) is 9.53 Å². The summed E-state index contributed by atoms with van der Waals surface area (Å²) in [5, 5.41) is 4.00. The van der Waals surface area contributed by atoms with E-state index in [1.54, 1.807) is 0 Å². The van der Waals surface area contributed by atoms with Crippen LogP contribution in [0.25, 0.3) is 0 Å². The quantitative estimate of drug-likeness (QED) is 0.698. The van der Waals surface area contributed by atoms with Crippen molar-refractivity contribution in [1.29, 1.82) is 0 Å². The second-order valence-electron chi connectivity index (χ2n) is 4.20. The summed E-state index contributed by atoms with van der Waals surface area (Å²) in [4.78, 5) is 11.4. The van der Waals surface area contributed by atoms with Crippen LogP contribution in [0.3, 0.4) is 0 Å². The minimum absolute atomic E-state index is 0.121. The molecule has 1 N–H and O–H groups in total. The molecule has 0 aromatic heterocycles. The highest BCUT2D eigenvalue weighted by molar-refractivity contribution is 7.99. The van der Waals surface area contributed by atoms with Gasteiger partial charge < -0.3 is 10.1 Å². The van der Waals surface area contributed by atoms with E-state index in [-0.39, 0.29) is 12.0 Å². The van der Waals surface area contributed by atoms with Crippen molar-refractivity contribution in [2.24, 2.45) is 0 Å². The van der Waals surface area contributed by atoms with Crippen LogP contribution in [0.2, 0.25) is 0 Å². The normalized spacial score (nSPS) is 18.6. The van der Waals surface area contributed by atoms with Gasteiger partial charge in [-0.25, -0.2) is 0 Å². The molecule has 0 aliphatic heterocycles. The summed E-state index contributed by atoms with van der Waals surface area (Å²) in [6, 6.07) is -0.121. The van der Waals surface area contributed by atoms with Crippen LogP contribution in [-0.4, -0.2) is 36.7 Å². The fourth-order valence-electron chi connectivity index (χ4n) is 2.10. The molecule has 1 aliphatic carbocycles. The molecule has 0 bridgehead atoms. The molecule has 0 heterocycles. The largest absolute Gasteiger partial charge is 0.468 e. The van der Waals surface area contributed by atoms with Gasteiger partial charge in [0.15, 0.2) is 0 Å². The number of hydrogen-bond donors (Lipinski definition) is 1. The lowest BCUT2D eigenvalue weighted by atomic mass is 10.2. The van der Waals surface area contributed by atoms with Crippen LogP contribution in [0.5, 0.6) is 0 Å². The molecule has 3 nitrogen and oxygen atoms in total. The van der Waals surface area contributed by atoms with Crippen LogP contribution in [0.4, 0.5) is 0 Å². The number of likely N-dealkylation sites (N-methyl/N-ethyl adjacent to an activating group) is 1. The van der Waals surface area contributed by atoms with Gasteiger partial charge in [-0.2, -0.15) is 11.8 Å². The molecule has 0 saturated heterocycles. The van der Waals surface area contributed by atoms with Crippen molar-refractivity contribution in [3.8, 4) is 0 Å². The molecule has 94 valence electrons. The fraction of sp³-hybridized carbons (Fsp3) is 0.917. The second-order valence-corrected chi connectivity index (χ2v) is 5.61. The number of methoxy groups -OCH3 is 1. The number of nitrogens with one attached hydrogen (secondary N) is 1. The second kappa shape index (κ2) is 7.96. The first-order valence-electron chi connectivity index (χ1n) is 6.20. The topological polar surface area (TPSA) is 38.3 Å². The van der Waals surface area contributed by atoms with E-state index in [0.717, 1.165) is 24.0 Å². The van der Waals surface area contributed by atoms with Crippen LogP contribution in [0, 0.1) is 0 Å². The molecule has 1 saturated carbocycles. The Bertz CT molecular complexity index is 205. The first-order valence-corrected chi connectivity index (χ1v) is 7.25. The molecule has 0 amide bonds. The van der Waals surface area contributed by atoms with Gasteiger partial charge in [0.25, 0.3) is 0 Å². The molecule has 0 aromatic rings. The number of thioether (sulfide) groups is 1. The van der Waals surface area contributed by atoms with Gasteiger partial charge in [-0.3, -0.25) is 4.79 Å². The molecule has 1 rings (SSSR count). The van der Waals surface area contributed by atoms with Crippen molar-refractivity contribution in [3.05, 3.63) is 0 Å². The van der Waals surface area contributed by atoms with Crippen molar-refractivity contribution in [2.75, 3.05) is 19.4 Å². The number of hydrogen-bond acceptors (Lipinski definition) is 4. The Morgan fingerprint density at radius 3 is 2.75 bits per heavy atom. The number of rotatable bonds is 7. The molecule has 1 aliphatic rings. The molecule has 0 aromatic carbocycles. The van der Waals surface area contributed by atoms with Crippen molar-refractivity contribution in [3.63, 3.8) is 0 Å². The minimum Gasteiger partial charge on any atom is -0.468 e. The van der Waals surface area contributed by atoms with Crippen molar-refractivity contribution in [2.45, 2.75) is 50.3 Å². The predicted molar refractivity (Wildman–Crippen MR) is 68.8 cm³/mol. The maximum absolute atomic E-state index is 11.4. The van der Waals surface area contributed by atoms with E-state index in [9.17, 15) is 4.79 Å². The van der Waals surface area contributed by atoms with Gasteiger partial charge in [0.1, 0.15) is 6.04 Å². The third-order valence-electron chi connectivity index (χ3n) is 3.00. The number of esters is 1. The van der Waals surface area contributed by atoms with Gasteiger partial charge in [-0.15, -0.1) is 0 Å². The van der Waals surface area contributed by atoms with E-state index in [1.807, 2.05) is 18.7 Å². The molecule has 1 fully saturated rings. The molecule has 0 spiro atoms. The number of ether oxygens (including phenoxy) is 1. The molecule has 1 unspecified atom stereocenters. The summed E-state index contributed by atoms with van der Waals surface area (Å²) in [5.74, 6) is 0.922. The summed E-state index contributed by atoms with van der Waals surface area (Å²) >= 11 is 2.02. The average Bonchev–Trinajstić information content (AvgIpc) is 2.80. The highest BCUT2D eigenvalue weighted by atomic mass is 32.2. The predicted octanol–water partition coefficient (Wildman–Crippen LogP) is 2.20. The SMILES string of the molecule is CCNC(CCSC1CCCC1)C(=O)OC. The molecule has 16 heavy (non-hydrogen) atoms. The molecular weight excluding hydrogens is 222 g/mol. The number of carbonyl (C=O) groups excluding carboxylic acids is 1. The van der Waals surface area contributed by atoms with Gasteiger partial charge in [0, 0.05) is 5.25 Å². The maximum Gasteiger partial charge on any atom is 0.322 e. The standard InChI is InChI=1S/C12H23NO2S/c1-3-13-11(12(14)15-2)8-9-16-10-6-4-5-7-10/h10-11,13H,3-9H2,1-2H3. The zero-order chi connectivity index (χ0) is 11.8. The van der Waals surface area contributed by atoms with Gasteiger partial charge >= 0.3 is 5.97 Å². The van der Waals surface area contributed by atoms with Crippen LogP contribution < -0.4 is 5.32 Å². The molecule has 1 atom stereocenters. The van der Waals surface area contributed by atoms with E-state index in [4.69, 9.17) is 4.74 Å². The Morgan fingerprint density at radius 2 is 2.19 bits per heavy atom. The summed E-state index contributed by atoms with van der Waals surface area (Å²) < 4.78 is 4.78. The van der Waals surface area contributed by atoms with Crippen molar-refractivity contribution in [1.82, 2.24) is 5.32 Å².